The summed E-state index contributed by atoms with van der Waals surface area (Å²) in [7, 11) is 1.75. The number of hydrogen-bond donors (Lipinski definition) is 2. The van der Waals surface area contributed by atoms with Crippen molar-refractivity contribution in [3.05, 3.63) is 41.8 Å². The number of aromatic nitrogens is 1. The Labute approximate surface area is 172 Å². The summed E-state index contributed by atoms with van der Waals surface area (Å²) in [6.45, 7) is 9.34. The number of aliphatic imine (C=N–C) groups is 1. The molecule has 1 fully saturated rings. The fourth-order valence-electron chi connectivity index (χ4n) is 3.23. The maximum atomic E-state index is 11.4. The van der Waals surface area contributed by atoms with E-state index in [1.165, 1.54) is 5.56 Å². The summed E-state index contributed by atoms with van der Waals surface area (Å²) in [6, 6.07) is 8.11. The average Bonchev–Trinajstić information content (AvgIpc) is 3.20. The number of amides is 1. The van der Waals surface area contributed by atoms with Gasteiger partial charge in [0.25, 0.3) is 0 Å². The van der Waals surface area contributed by atoms with Crippen molar-refractivity contribution >= 4 is 11.9 Å². The molecule has 8 heteroatoms. The molecular formula is C21H30N6O2. The minimum atomic E-state index is 0.158. The first-order valence-corrected chi connectivity index (χ1v) is 9.99. The van der Waals surface area contributed by atoms with Gasteiger partial charge in [0.2, 0.25) is 11.8 Å². The highest BCUT2D eigenvalue weighted by Gasteiger charge is 2.18. The van der Waals surface area contributed by atoms with Crippen LogP contribution in [0, 0.1) is 6.92 Å². The maximum Gasteiger partial charge on any atom is 0.226 e. The zero-order chi connectivity index (χ0) is 20.6. The minimum absolute atomic E-state index is 0.158. The third kappa shape index (κ3) is 6.05. The topological polar surface area (TPSA) is 86.0 Å². The number of oxazole rings is 1. The molecule has 8 nitrogen and oxygen atoms in total. The molecule has 0 spiro atoms. The lowest BCUT2D eigenvalue weighted by atomic mass is 10.1. The van der Waals surface area contributed by atoms with Crippen LogP contribution in [0.1, 0.15) is 18.2 Å². The fraction of sp³-hybridized carbons (Fsp3) is 0.476. The smallest absolute Gasteiger partial charge is 0.226 e. The summed E-state index contributed by atoms with van der Waals surface area (Å²) in [5.41, 5.74) is 3.00. The molecule has 0 atom stereocenters. The van der Waals surface area contributed by atoms with E-state index in [0.717, 1.165) is 56.5 Å². The molecule has 0 bridgehead atoms. The first kappa shape index (κ1) is 20.9. The summed E-state index contributed by atoms with van der Waals surface area (Å²) >= 11 is 0. The molecule has 1 amide bonds. The van der Waals surface area contributed by atoms with E-state index in [9.17, 15) is 4.79 Å². The Morgan fingerprint density at radius 1 is 1.17 bits per heavy atom. The summed E-state index contributed by atoms with van der Waals surface area (Å²) < 4.78 is 5.60. The Bertz CT molecular complexity index is 822. The second-order valence-corrected chi connectivity index (χ2v) is 7.21. The van der Waals surface area contributed by atoms with Crippen LogP contribution in [0.5, 0.6) is 0 Å². The van der Waals surface area contributed by atoms with Gasteiger partial charge >= 0.3 is 0 Å². The van der Waals surface area contributed by atoms with E-state index < -0.39 is 0 Å². The van der Waals surface area contributed by atoms with Gasteiger partial charge in [0.05, 0.1) is 12.2 Å². The van der Waals surface area contributed by atoms with Gasteiger partial charge in [-0.15, -0.1) is 0 Å². The Morgan fingerprint density at radius 3 is 2.55 bits per heavy atom. The Hall–Kier alpha value is -2.87. The van der Waals surface area contributed by atoms with Crippen LogP contribution in [0.15, 0.2) is 39.9 Å². The highest BCUT2D eigenvalue weighted by atomic mass is 16.3. The van der Waals surface area contributed by atoms with Crippen molar-refractivity contribution in [2.45, 2.75) is 20.4 Å². The third-order valence-electron chi connectivity index (χ3n) is 5.05. The summed E-state index contributed by atoms with van der Waals surface area (Å²) in [6.07, 6.45) is 1.67. The Balaban J connectivity index is 1.40. The van der Waals surface area contributed by atoms with Crippen molar-refractivity contribution in [3.8, 4) is 11.5 Å². The van der Waals surface area contributed by atoms with E-state index in [1.54, 1.807) is 20.2 Å². The van der Waals surface area contributed by atoms with Crippen LogP contribution in [-0.4, -0.2) is 73.0 Å². The molecule has 0 aliphatic carbocycles. The second-order valence-electron chi connectivity index (χ2n) is 7.21. The molecule has 2 heterocycles. The fourth-order valence-corrected chi connectivity index (χ4v) is 3.23. The van der Waals surface area contributed by atoms with Gasteiger partial charge in [-0.3, -0.25) is 14.7 Å². The number of carbonyl (C=O) groups is 1. The molecule has 29 heavy (non-hydrogen) atoms. The monoisotopic (exact) mass is 398 g/mol. The lowest BCUT2D eigenvalue weighted by Crippen LogP contribution is -2.50. The SMILES string of the molecule is CN=C(NCCN1CCN(C(C)=O)CC1)NCc1coc(-c2ccc(C)cc2)n1. The van der Waals surface area contributed by atoms with Crippen LogP contribution >= 0.6 is 0 Å². The van der Waals surface area contributed by atoms with E-state index in [4.69, 9.17) is 4.42 Å². The molecule has 3 rings (SSSR count). The molecule has 0 unspecified atom stereocenters. The molecule has 156 valence electrons. The predicted molar refractivity (Wildman–Crippen MR) is 114 cm³/mol. The molecule has 1 saturated heterocycles. The van der Waals surface area contributed by atoms with Crippen molar-refractivity contribution in [3.63, 3.8) is 0 Å². The molecule has 1 aliphatic heterocycles. The normalized spacial score (nSPS) is 15.4. The maximum absolute atomic E-state index is 11.4. The van der Waals surface area contributed by atoms with Gasteiger partial charge in [0.15, 0.2) is 5.96 Å². The zero-order valence-corrected chi connectivity index (χ0v) is 17.4. The summed E-state index contributed by atoms with van der Waals surface area (Å²) in [5.74, 6) is 1.51. The number of guanidine groups is 1. The van der Waals surface area contributed by atoms with Gasteiger partial charge in [0.1, 0.15) is 6.26 Å². The van der Waals surface area contributed by atoms with Gasteiger partial charge in [-0.05, 0) is 19.1 Å². The Morgan fingerprint density at radius 2 is 1.90 bits per heavy atom. The number of piperazine rings is 1. The third-order valence-corrected chi connectivity index (χ3v) is 5.05. The molecular weight excluding hydrogens is 368 g/mol. The molecule has 0 radical (unpaired) electrons. The average molecular weight is 399 g/mol. The van der Waals surface area contributed by atoms with Crippen LogP contribution in [-0.2, 0) is 11.3 Å². The van der Waals surface area contributed by atoms with Gasteiger partial charge in [0, 0.05) is 58.8 Å². The highest BCUT2D eigenvalue weighted by molar-refractivity contribution is 5.79. The predicted octanol–water partition coefficient (Wildman–Crippen LogP) is 1.48. The molecule has 2 N–H and O–H groups in total. The summed E-state index contributed by atoms with van der Waals surface area (Å²) in [5, 5.41) is 6.59. The first-order valence-electron chi connectivity index (χ1n) is 9.99. The van der Waals surface area contributed by atoms with Crippen LogP contribution in [0.3, 0.4) is 0 Å². The second kappa shape index (κ2) is 10.1. The number of rotatable bonds is 6. The van der Waals surface area contributed by atoms with Crippen molar-refractivity contribution in [2.24, 2.45) is 4.99 Å². The van der Waals surface area contributed by atoms with Crippen molar-refractivity contribution in [1.82, 2.24) is 25.4 Å². The van der Waals surface area contributed by atoms with E-state index in [0.29, 0.717) is 12.4 Å². The zero-order valence-electron chi connectivity index (χ0n) is 17.4. The van der Waals surface area contributed by atoms with E-state index in [1.807, 2.05) is 29.2 Å². The molecule has 1 aromatic carbocycles. The largest absolute Gasteiger partial charge is 0.444 e. The standard InChI is InChI=1S/C21H30N6O2/c1-16-4-6-18(7-5-16)20-25-19(15-29-20)14-24-21(22-3)23-8-9-26-10-12-27(13-11-26)17(2)28/h4-7,15H,8-14H2,1-3H3,(H2,22,23,24). The van der Waals surface area contributed by atoms with Crippen molar-refractivity contribution in [2.75, 3.05) is 46.3 Å². The number of hydrogen-bond acceptors (Lipinski definition) is 5. The van der Waals surface area contributed by atoms with E-state index >= 15 is 0 Å². The lowest BCUT2D eigenvalue weighted by Gasteiger charge is -2.34. The summed E-state index contributed by atoms with van der Waals surface area (Å²) in [4.78, 5) is 24.4. The number of nitrogens with one attached hydrogen (secondary N) is 2. The van der Waals surface area contributed by atoms with E-state index in [-0.39, 0.29) is 5.91 Å². The quantitative estimate of drug-likeness (QED) is 0.566. The molecule has 2 aromatic rings. The first-order chi connectivity index (χ1) is 14.0. The number of aryl methyl sites for hydroxylation is 1. The Kier molecular flexibility index (Phi) is 7.24. The highest BCUT2D eigenvalue weighted by Crippen LogP contribution is 2.18. The molecule has 1 aromatic heterocycles. The number of nitrogens with zero attached hydrogens (tertiary/aromatic N) is 4. The van der Waals surface area contributed by atoms with Crippen LogP contribution < -0.4 is 10.6 Å². The van der Waals surface area contributed by atoms with Crippen LogP contribution in [0.2, 0.25) is 0 Å². The minimum Gasteiger partial charge on any atom is -0.444 e. The van der Waals surface area contributed by atoms with E-state index in [2.05, 4.69) is 32.4 Å². The van der Waals surface area contributed by atoms with Gasteiger partial charge in [-0.1, -0.05) is 17.7 Å². The van der Waals surface area contributed by atoms with Gasteiger partial charge in [-0.25, -0.2) is 4.98 Å². The van der Waals surface area contributed by atoms with Gasteiger partial charge < -0.3 is 20.0 Å². The van der Waals surface area contributed by atoms with Gasteiger partial charge in [-0.2, -0.15) is 0 Å². The van der Waals surface area contributed by atoms with Crippen LogP contribution in [0.4, 0.5) is 0 Å². The van der Waals surface area contributed by atoms with Crippen molar-refractivity contribution < 1.29 is 9.21 Å². The molecule has 0 saturated carbocycles. The number of carbonyl (C=O) groups excluding carboxylic acids is 1. The number of benzene rings is 1. The molecule has 1 aliphatic rings. The lowest BCUT2D eigenvalue weighted by molar-refractivity contribution is -0.130. The van der Waals surface area contributed by atoms with Crippen molar-refractivity contribution in [1.29, 1.82) is 0 Å². The van der Waals surface area contributed by atoms with Crippen LogP contribution in [0.25, 0.3) is 11.5 Å².